The van der Waals surface area contributed by atoms with Gasteiger partial charge in [0.05, 0.1) is 19.2 Å². The van der Waals surface area contributed by atoms with Crippen molar-refractivity contribution in [3.05, 3.63) is 39.2 Å². The van der Waals surface area contributed by atoms with Gasteiger partial charge in [-0.25, -0.2) is 4.79 Å². The van der Waals surface area contributed by atoms with Crippen LogP contribution < -0.4 is 21.0 Å². The number of aromatic nitrogens is 2. The van der Waals surface area contributed by atoms with Crippen molar-refractivity contribution in [3.63, 3.8) is 0 Å². The van der Waals surface area contributed by atoms with Gasteiger partial charge in [0.2, 0.25) is 17.7 Å². The van der Waals surface area contributed by atoms with Gasteiger partial charge < -0.3 is 24.5 Å². The second kappa shape index (κ2) is 9.69. The zero-order valence-corrected chi connectivity index (χ0v) is 17.9. The summed E-state index contributed by atoms with van der Waals surface area (Å²) in [5, 5.41) is 4.37. The molecule has 0 radical (unpaired) electrons. The van der Waals surface area contributed by atoms with Crippen molar-refractivity contribution in [1.82, 2.24) is 14.7 Å². The fraction of sp³-hybridized carbons (Fsp3) is 0.400. The number of likely N-dealkylation sites (tertiary alicyclic amines) is 1. The minimum absolute atomic E-state index is 0.0242. The minimum Gasteiger partial charge on any atom is -0.493 e. The van der Waals surface area contributed by atoms with Crippen LogP contribution in [0.15, 0.2) is 21.3 Å². The molecular formula is C20H23ClN4O6. The highest BCUT2D eigenvalue weighted by Crippen LogP contribution is 2.37. The van der Waals surface area contributed by atoms with Crippen LogP contribution in [-0.2, 0) is 16.1 Å². The fourth-order valence-corrected chi connectivity index (χ4v) is 3.62. The number of primary amides is 1. The Bertz CT molecular complexity index is 1050. The molecule has 2 N–H and O–H groups in total. The van der Waals surface area contributed by atoms with E-state index in [1.54, 1.807) is 23.1 Å². The molecule has 0 unspecified atom stereocenters. The number of rotatable bonds is 7. The first-order valence-corrected chi connectivity index (χ1v) is 9.95. The lowest BCUT2D eigenvalue weighted by molar-refractivity contribution is -0.135. The first-order valence-electron chi connectivity index (χ1n) is 9.57. The van der Waals surface area contributed by atoms with Gasteiger partial charge >= 0.3 is 5.76 Å². The van der Waals surface area contributed by atoms with Crippen LogP contribution in [0.5, 0.6) is 11.5 Å². The standard InChI is InChI=1S/C20H23ClN4O6/c1-29-14-5-3-12(17(21)18(14)30-2)4-6-15-23-25(20(28)31-15)11-16(26)24-9-7-13(8-10-24)19(22)27/h3-6,13H,7-11H2,1-2H3,(H2,22,27). The predicted molar refractivity (Wildman–Crippen MR) is 113 cm³/mol. The average molecular weight is 451 g/mol. The van der Waals surface area contributed by atoms with E-state index in [1.165, 1.54) is 20.3 Å². The smallest absolute Gasteiger partial charge is 0.437 e. The van der Waals surface area contributed by atoms with Crippen molar-refractivity contribution in [2.45, 2.75) is 19.4 Å². The monoisotopic (exact) mass is 450 g/mol. The molecule has 1 saturated heterocycles. The molecule has 2 aromatic rings. The third-order valence-corrected chi connectivity index (χ3v) is 5.47. The van der Waals surface area contributed by atoms with Gasteiger partial charge in [0.1, 0.15) is 6.54 Å². The van der Waals surface area contributed by atoms with Crippen LogP contribution in [0.1, 0.15) is 24.3 Å². The molecule has 166 valence electrons. The molecule has 10 nitrogen and oxygen atoms in total. The highest BCUT2D eigenvalue weighted by Gasteiger charge is 2.26. The van der Waals surface area contributed by atoms with E-state index >= 15 is 0 Å². The third kappa shape index (κ3) is 5.08. The van der Waals surface area contributed by atoms with Crippen molar-refractivity contribution in [2.24, 2.45) is 11.7 Å². The van der Waals surface area contributed by atoms with Gasteiger partial charge in [0.25, 0.3) is 0 Å². The number of nitrogens with two attached hydrogens (primary N) is 1. The Labute approximate surface area is 183 Å². The summed E-state index contributed by atoms with van der Waals surface area (Å²) in [6.07, 6.45) is 4.09. The van der Waals surface area contributed by atoms with Gasteiger partial charge in [-0.1, -0.05) is 11.6 Å². The molecule has 1 aromatic heterocycles. The summed E-state index contributed by atoms with van der Waals surface area (Å²) in [5.74, 6) is -0.723. The summed E-state index contributed by atoms with van der Waals surface area (Å²) >= 11 is 6.33. The number of carbonyl (C=O) groups is 2. The number of hydrogen-bond acceptors (Lipinski definition) is 7. The largest absolute Gasteiger partial charge is 0.493 e. The summed E-state index contributed by atoms with van der Waals surface area (Å²) < 4.78 is 16.5. The van der Waals surface area contributed by atoms with Crippen molar-refractivity contribution in [1.29, 1.82) is 0 Å². The minimum atomic E-state index is -0.751. The van der Waals surface area contributed by atoms with Crippen LogP contribution in [-0.4, -0.2) is 53.8 Å². The van der Waals surface area contributed by atoms with Gasteiger partial charge in [-0.2, -0.15) is 4.68 Å². The summed E-state index contributed by atoms with van der Waals surface area (Å²) in [4.78, 5) is 37.4. The number of amides is 2. The van der Waals surface area contributed by atoms with Gasteiger partial charge in [0.15, 0.2) is 11.5 Å². The highest BCUT2D eigenvalue weighted by molar-refractivity contribution is 6.34. The van der Waals surface area contributed by atoms with Crippen LogP contribution in [0.3, 0.4) is 0 Å². The molecule has 3 rings (SSSR count). The molecule has 1 aliphatic rings. The Morgan fingerprint density at radius 3 is 2.58 bits per heavy atom. The lowest BCUT2D eigenvalue weighted by Crippen LogP contribution is -2.43. The number of nitrogens with zero attached hydrogens (tertiary/aromatic N) is 3. The zero-order chi connectivity index (χ0) is 22.5. The van der Waals surface area contributed by atoms with Crippen LogP contribution in [0.25, 0.3) is 12.2 Å². The average Bonchev–Trinajstić information content (AvgIpc) is 3.11. The summed E-state index contributed by atoms with van der Waals surface area (Å²) in [5.41, 5.74) is 5.91. The van der Waals surface area contributed by atoms with Gasteiger partial charge in [-0.15, -0.1) is 5.10 Å². The molecule has 0 saturated carbocycles. The van der Waals surface area contributed by atoms with E-state index < -0.39 is 5.76 Å². The molecule has 0 atom stereocenters. The maximum absolute atomic E-state index is 12.5. The zero-order valence-electron chi connectivity index (χ0n) is 17.2. The number of piperidine rings is 1. The molecule has 2 heterocycles. The van der Waals surface area contributed by atoms with E-state index in [9.17, 15) is 14.4 Å². The molecule has 1 aliphatic heterocycles. The molecule has 31 heavy (non-hydrogen) atoms. The van der Waals surface area contributed by atoms with Gasteiger partial charge in [0, 0.05) is 25.1 Å². The molecule has 1 aromatic carbocycles. The van der Waals surface area contributed by atoms with E-state index in [0.29, 0.717) is 48.0 Å². The van der Waals surface area contributed by atoms with E-state index in [1.807, 2.05) is 0 Å². The Morgan fingerprint density at radius 2 is 1.97 bits per heavy atom. The predicted octanol–water partition coefficient (Wildman–Crippen LogP) is 1.40. The second-order valence-electron chi connectivity index (χ2n) is 6.96. The number of hydrogen-bond donors (Lipinski definition) is 1. The fourth-order valence-electron chi connectivity index (χ4n) is 3.33. The van der Waals surface area contributed by atoms with Crippen molar-refractivity contribution in [2.75, 3.05) is 27.3 Å². The SMILES string of the molecule is COc1ccc(C=Cc2nn(CC(=O)N3CCC(C(N)=O)CC3)c(=O)o2)c(Cl)c1OC. The number of methoxy groups -OCH3 is 2. The Balaban J connectivity index is 1.68. The molecule has 0 bridgehead atoms. The summed E-state index contributed by atoms with van der Waals surface area (Å²) in [6, 6.07) is 3.41. The lowest BCUT2D eigenvalue weighted by atomic mass is 9.96. The second-order valence-corrected chi connectivity index (χ2v) is 7.34. The molecule has 11 heteroatoms. The van der Waals surface area contributed by atoms with Crippen LogP contribution >= 0.6 is 11.6 Å². The lowest BCUT2D eigenvalue weighted by Gasteiger charge is -2.30. The number of ether oxygens (including phenoxy) is 2. The third-order valence-electron chi connectivity index (χ3n) is 5.08. The Hall–Kier alpha value is -3.27. The first kappa shape index (κ1) is 22.4. The van der Waals surface area contributed by atoms with Gasteiger partial charge in [-0.05, 0) is 36.6 Å². The highest BCUT2D eigenvalue weighted by atomic mass is 35.5. The Kier molecular flexibility index (Phi) is 7.01. The molecular weight excluding hydrogens is 428 g/mol. The van der Waals surface area contributed by atoms with E-state index in [0.717, 1.165) is 4.68 Å². The van der Waals surface area contributed by atoms with Crippen LogP contribution in [0.4, 0.5) is 0 Å². The van der Waals surface area contributed by atoms with Crippen molar-refractivity contribution < 1.29 is 23.5 Å². The summed E-state index contributed by atoms with van der Waals surface area (Å²) in [6.45, 7) is 0.557. The van der Waals surface area contributed by atoms with Crippen LogP contribution in [0.2, 0.25) is 5.02 Å². The van der Waals surface area contributed by atoms with Gasteiger partial charge in [-0.3, -0.25) is 9.59 Å². The summed E-state index contributed by atoms with van der Waals surface area (Å²) in [7, 11) is 2.98. The maximum Gasteiger partial charge on any atom is 0.437 e. The molecule has 0 aliphatic carbocycles. The van der Waals surface area contributed by atoms with Crippen LogP contribution in [0, 0.1) is 5.92 Å². The number of benzene rings is 1. The van der Waals surface area contributed by atoms with Crippen molar-refractivity contribution in [3.8, 4) is 11.5 Å². The maximum atomic E-state index is 12.5. The van der Waals surface area contributed by atoms with E-state index in [2.05, 4.69) is 5.10 Å². The molecule has 2 amide bonds. The topological polar surface area (TPSA) is 130 Å². The first-order chi connectivity index (χ1) is 14.8. The molecule has 1 fully saturated rings. The normalized spacial score (nSPS) is 14.7. The number of carbonyl (C=O) groups excluding carboxylic acids is 2. The quantitative estimate of drug-likeness (QED) is 0.674. The molecule has 0 spiro atoms. The Morgan fingerprint density at radius 1 is 1.26 bits per heavy atom. The van der Waals surface area contributed by atoms with E-state index in [4.69, 9.17) is 31.2 Å². The van der Waals surface area contributed by atoms with Crippen molar-refractivity contribution >= 4 is 35.6 Å². The van der Waals surface area contributed by atoms with E-state index in [-0.39, 0.29) is 30.2 Å². The number of halogens is 1.